The molecule has 1 saturated heterocycles. The van der Waals surface area contributed by atoms with Crippen LogP contribution in [0.1, 0.15) is 18.9 Å². The van der Waals surface area contributed by atoms with Crippen LogP contribution in [0.5, 0.6) is 5.75 Å². The molecule has 32 heavy (non-hydrogen) atoms. The second kappa shape index (κ2) is 12.1. The highest BCUT2D eigenvalue weighted by atomic mass is 35.5. The van der Waals surface area contributed by atoms with Gasteiger partial charge in [-0.15, -0.1) is 24.8 Å². The van der Waals surface area contributed by atoms with Crippen molar-refractivity contribution < 1.29 is 9.53 Å². The van der Waals surface area contributed by atoms with Crippen LogP contribution in [-0.2, 0) is 17.8 Å². The maximum atomic E-state index is 12.0. The fraction of sp³-hybridized carbons (Fsp3) is 0.400. The molecule has 0 radical (unpaired) electrons. The monoisotopic (exact) mass is 477 g/mol. The summed E-state index contributed by atoms with van der Waals surface area (Å²) in [4.78, 5) is 16.9. The minimum absolute atomic E-state index is 0. The van der Waals surface area contributed by atoms with Gasteiger partial charge in [-0.1, -0.05) is 37.3 Å². The summed E-state index contributed by atoms with van der Waals surface area (Å²) >= 11 is 0. The molecule has 1 aliphatic heterocycles. The van der Waals surface area contributed by atoms with E-state index in [4.69, 9.17) is 4.74 Å². The van der Waals surface area contributed by atoms with Crippen LogP contribution in [0, 0.1) is 0 Å². The SMILES string of the molecule is CCC(=O)Cn1cc(CCN2CCN(c3ccccc3OC)CC2)c2ccccc21.Cl.Cl. The number of carbonyl (C=O) groups excluding carboxylic acids is 1. The number of fused-ring (bicyclic) bond motifs is 1. The lowest BCUT2D eigenvalue weighted by Crippen LogP contribution is -2.47. The number of benzene rings is 2. The molecule has 0 amide bonds. The van der Waals surface area contributed by atoms with E-state index in [1.807, 2.05) is 19.1 Å². The molecule has 3 aromatic rings. The Hall–Kier alpha value is -2.21. The Morgan fingerprint density at radius 3 is 2.38 bits per heavy atom. The highest BCUT2D eigenvalue weighted by Gasteiger charge is 2.20. The summed E-state index contributed by atoms with van der Waals surface area (Å²) in [6.07, 6.45) is 3.77. The number of ether oxygens (including phenoxy) is 1. The zero-order valence-corrected chi connectivity index (χ0v) is 20.5. The van der Waals surface area contributed by atoms with Gasteiger partial charge in [-0.05, 0) is 30.2 Å². The van der Waals surface area contributed by atoms with Gasteiger partial charge in [0.25, 0.3) is 0 Å². The summed E-state index contributed by atoms with van der Waals surface area (Å²) in [5.41, 5.74) is 3.68. The highest BCUT2D eigenvalue weighted by molar-refractivity contribution is 5.86. The first-order valence-electron chi connectivity index (χ1n) is 10.9. The van der Waals surface area contributed by atoms with Gasteiger partial charge in [0, 0.05) is 56.2 Å². The number of Topliss-reactive ketones (excluding diaryl/α,β-unsaturated/α-hetero) is 1. The molecule has 0 spiro atoms. The molecule has 1 fully saturated rings. The van der Waals surface area contributed by atoms with Crippen LogP contribution in [0.15, 0.2) is 54.7 Å². The molecule has 0 N–H and O–H groups in total. The smallest absolute Gasteiger partial charge is 0.152 e. The predicted molar refractivity (Wildman–Crippen MR) is 137 cm³/mol. The number of hydrogen-bond donors (Lipinski definition) is 0. The number of halogens is 2. The van der Waals surface area contributed by atoms with E-state index in [1.54, 1.807) is 7.11 Å². The van der Waals surface area contributed by atoms with Crippen molar-refractivity contribution in [1.82, 2.24) is 9.47 Å². The Kier molecular flexibility index (Phi) is 9.88. The van der Waals surface area contributed by atoms with Gasteiger partial charge in [-0.2, -0.15) is 0 Å². The molecule has 0 bridgehead atoms. The van der Waals surface area contributed by atoms with Gasteiger partial charge in [0.05, 0.1) is 19.3 Å². The van der Waals surface area contributed by atoms with Crippen LogP contribution in [0.25, 0.3) is 10.9 Å². The number of carbonyl (C=O) groups is 1. The van der Waals surface area contributed by atoms with Gasteiger partial charge in [0.15, 0.2) is 5.78 Å². The van der Waals surface area contributed by atoms with Gasteiger partial charge in [0.2, 0.25) is 0 Å². The largest absolute Gasteiger partial charge is 0.495 e. The number of anilines is 1. The molecule has 0 aliphatic carbocycles. The Labute approximate surface area is 203 Å². The van der Waals surface area contributed by atoms with E-state index in [0.29, 0.717) is 13.0 Å². The number of rotatable bonds is 8. The first-order valence-corrected chi connectivity index (χ1v) is 10.9. The molecule has 1 aromatic heterocycles. The van der Waals surface area contributed by atoms with E-state index in [2.05, 4.69) is 57.0 Å². The first kappa shape index (κ1) is 26.0. The number of piperazine rings is 1. The van der Waals surface area contributed by atoms with Crippen molar-refractivity contribution in [3.05, 3.63) is 60.3 Å². The summed E-state index contributed by atoms with van der Waals surface area (Å²) in [6.45, 7) is 7.54. The molecule has 4 rings (SSSR count). The number of hydrogen-bond acceptors (Lipinski definition) is 4. The summed E-state index contributed by atoms with van der Waals surface area (Å²) in [5, 5.41) is 1.27. The van der Waals surface area contributed by atoms with Crippen LogP contribution in [-0.4, -0.2) is 55.1 Å². The van der Waals surface area contributed by atoms with Crippen molar-refractivity contribution in [1.29, 1.82) is 0 Å². The molecule has 0 unspecified atom stereocenters. The zero-order valence-electron chi connectivity index (χ0n) is 18.8. The van der Waals surface area contributed by atoms with Crippen molar-refractivity contribution in [2.24, 2.45) is 0 Å². The molecule has 5 nitrogen and oxygen atoms in total. The van der Waals surface area contributed by atoms with Crippen LogP contribution in [0.3, 0.4) is 0 Å². The molecular formula is C25H33Cl2N3O2. The number of ketones is 1. The van der Waals surface area contributed by atoms with E-state index in [0.717, 1.165) is 50.4 Å². The van der Waals surface area contributed by atoms with E-state index in [1.165, 1.54) is 16.6 Å². The number of aromatic nitrogens is 1. The van der Waals surface area contributed by atoms with E-state index < -0.39 is 0 Å². The molecular weight excluding hydrogens is 445 g/mol. The van der Waals surface area contributed by atoms with Crippen LogP contribution >= 0.6 is 24.8 Å². The van der Waals surface area contributed by atoms with Gasteiger partial charge < -0.3 is 14.2 Å². The number of methoxy groups -OCH3 is 1. The molecule has 7 heteroatoms. The topological polar surface area (TPSA) is 37.7 Å². The lowest BCUT2D eigenvalue weighted by atomic mass is 10.1. The van der Waals surface area contributed by atoms with Gasteiger partial charge in [-0.25, -0.2) is 0 Å². The van der Waals surface area contributed by atoms with Crippen LogP contribution in [0.2, 0.25) is 0 Å². The third-order valence-electron chi connectivity index (χ3n) is 6.11. The normalized spacial score (nSPS) is 14.0. The van der Waals surface area contributed by atoms with Crippen molar-refractivity contribution in [3.63, 3.8) is 0 Å². The van der Waals surface area contributed by atoms with E-state index in [-0.39, 0.29) is 30.6 Å². The molecule has 2 heterocycles. The van der Waals surface area contributed by atoms with Crippen molar-refractivity contribution in [2.75, 3.05) is 44.7 Å². The fourth-order valence-corrected chi connectivity index (χ4v) is 4.34. The fourth-order valence-electron chi connectivity index (χ4n) is 4.34. The van der Waals surface area contributed by atoms with E-state index >= 15 is 0 Å². The molecule has 174 valence electrons. The maximum Gasteiger partial charge on any atom is 0.152 e. The Morgan fingerprint density at radius 1 is 0.969 bits per heavy atom. The van der Waals surface area contributed by atoms with Crippen molar-refractivity contribution in [3.8, 4) is 5.75 Å². The van der Waals surface area contributed by atoms with Crippen LogP contribution < -0.4 is 9.64 Å². The van der Waals surface area contributed by atoms with Gasteiger partial charge in [-0.3, -0.25) is 9.69 Å². The van der Waals surface area contributed by atoms with Gasteiger partial charge in [0.1, 0.15) is 5.75 Å². The Bertz CT molecular complexity index is 1010. The number of para-hydroxylation sites is 3. The van der Waals surface area contributed by atoms with Gasteiger partial charge >= 0.3 is 0 Å². The van der Waals surface area contributed by atoms with Crippen LogP contribution in [0.4, 0.5) is 5.69 Å². The minimum Gasteiger partial charge on any atom is -0.495 e. The summed E-state index contributed by atoms with van der Waals surface area (Å²) in [7, 11) is 1.74. The average Bonchev–Trinajstić information content (AvgIpc) is 3.15. The molecule has 0 saturated carbocycles. The summed E-state index contributed by atoms with van der Waals surface area (Å²) in [5.74, 6) is 1.22. The standard InChI is InChI=1S/C25H31N3O2.2ClH/c1-3-21(29)19-28-18-20(22-8-4-5-9-23(22)28)12-13-26-14-16-27(17-15-26)24-10-6-7-11-25(24)30-2;;/h4-11,18H,3,12-17,19H2,1-2H3;2*1H. The predicted octanol–water partition coefficient (Wildman–Crippen LogP) is 4.84. The second-order valence-electron chi connectivity index (χ2n) is 7.94. The quantitative estimate of drug-likeness (QED) is 0.465. The Morgan fingerprint density at radius 2 is 1.66 bits per heavy atom. The highest BCUT2D eigenvalue weighted by Crippen LogP contribution is 2.28. The molecule has 2 aromatic carbocycles. The third-order valence-corrected chi connectivity index (χ3v) is 6.11. The second-order valence-corrected chi connectivity index (χ2v) is 7.94. The summed E-state index contributed by atoms with van der Waals surface area (Å²) < 4.78 is 7.65. The lowest BCUT2D eigenvalue weighted by Gasteiger charge is -2.36. The Balaban J connectivity index is 0.00000181. The van der Waals surface area contributed by atoms with Crippen molar-refractivity contribution in [2.45, 2.75) is 26.3 Å². The lowest BCUT2D eigenvalue weighted by molar-refractivity contribution is -0.119. The third kappa shape index (κ3) is 5.77. The molecule has 1 aliphatic rings. The zero-order chi connectivity index (χ0) is 20.9. The minimum atomic E-state index is 0. The first-order chi connectivity index (χ1) is 14.7. The summed E-state index contributed by atoms with van der Waals surface area (Å²) in [6, 6.07) is 16.7. The average molecular weight is 478 g/mol. The van der Waals surface area contributed by atoms with E-state index in [9.17, 15) is 4.79 Å². The van der Waals surface area contributed by atoms with Crippen molar-refractivity contribution >= 4 is 47.2 Å². The number of nitrogens with zero attached hydrogens (tertiary/aromatic N) is 3. The maximum absolute atomic E-state index is 12.0. The molecule has 0 atom stereocenters.